The van der Waals surface area contributed by atoms with Gasteiger partial charge in [-0.25, -0.2) is 5.43 Å². The van der Waals surface area contributed by atoms with E-state index in [1.807, 2.05) is 19.1 Å². The van der Waals surface area contributed by atoms with Crippen molar-refractivity contribution >= 4 is 81.1 Å². The minimum atomic E-state index is -0.398. The number of benzene rings is 3. The molecule has 0 bridgehead atoms. The Balaban J connectivity index is 1.57. The molecule has 0 aliphatic heterocycles. The largest absolute Gasteiger partial charge is 0.490 e. The summed E-state index contributed by atoms with van der Waals surface area (Å²) in [6.07, 6.45) is 1.45. The van der Waals surface area contributed by atoms with Gasteiger partial charge < -0.3 is 14.8 Å². The zero-order valence-electron chi connectivity index (χ0n) is 19.7. The smallest absolute Gasteiger partial charge is 0.240 e. The third kappa shape index (κ3) is 9.07. The highest BCUT2D eigenvalue weighted by Gasteiger charge is 2.14. The number of carbonyl (C=O) groups is 2. The van der Waals surface area contributed by atoms with E-state index in [0.717, 1.165) is 9.13 Å². The zero-order valence-corrected chi connectivity index (χ0v) is 24.1. The van der Waals surface area contributed by atoms with Gasteiger partial charge in [-0.2, -0.15) is 5.10 Å². The molecule has 3 aromatic rings. The van der Waals surface area contributed by atoms with Crippen molar-refractivity contribution in [2.75, 3.05) is 11.9 Å². The fourth-order valence-electron chi connectivity index (χ4n) is 3.09. The van der Waals surface area contributed by atoms with Crippen molar-refractivity contribution in [1.82, 2.24) is 5.43 Å². The number of carbonyl (C=O) groups excluding carboxylic acids is 2. The van der Waals surface area contributed by atoms with E-state index in [0.29, 0.717) is 44.4 Å². The topological polar surface area (TPSA) is 89.0 Å². The van der Waals surface area contributed by atoms with Gasteiger partial charge >= 0.3 is 0 Å². The monoisotopic (exact) mass is 673 g/mol. The van der Waals surface area contributed by atoms with E-state index in [1.54, 1.807) is 42.5 Å². The van der Waals surface area contributed by atoms with Crippen LogP contribution < -0.4 is 20.2 Å². The fourth-order valence-corrected chi connectivity index (χ4v) is 4.52. The minimum Gasteiger partial charge on any atom is -0.490 e. The molecule has 0 spiro atoms. The van der Waals surface area contributed by atoms with Crippen LogP contribution in [-0.2, 0) is 16.2 Å². The van der Waals surface area contributed by atoms with E-state index in [-0.39, 0.29) is 25.4 Å². The summed E-state index contributed by atoms with van der Waals surface area (Å²) in [5.74, 6) is 0.381. The highest BCUT2D eigenvalue weighted by molar-refractivity contribution is 14.1. The second-order valence-electron chi connectivity index (χ2n) is 7.61. The first kappa shape index (κ1) is 29.0. The summed E-state index contributed by atoms with van der Waals surface area (Å²) in [6, 6.07) is 15.7. The van der Waals surface area contributed by atoms with Gasteiger partial charge in [-0.3, -0.25) is 9.59 Å². The Morgan fingerprint density at radius 3 is 2.46 bits per heavy atom. The van der Waals surface area contributed by atoms with Crippen LogP contribution >= 0.6 is 57.4 Å². The van der Waals surface area contributed by atoms with Gasteiger partial charge in [0.15, 0.2) is 11.5 Å². The lowest BCUT2D eigenvalue weighted by Crippen LogP contribution is -2.20. The number of para-hydroxylation sites is 1. The molecule has 0 aliphatic rings. The Morgan fingerprint density at radius 1 is 0.973 bits per heavy atom. The van der Waals surface area contributed by atoms with Gasteiger partial charge in [0.2, 0.25) is 11.8 Å². The van der Waals surface area contributed by atoms with Crippen LogP contribution in [0.5, 0.6) is 11.5 Å². The summed E-state index contributed by atoms with van der Waals surface area (Å²) in [6.45, 7) is 2.54. The molecule has 0 saturated carbocycles. The van der Waals surface area contributed by atoms with Crippen molar-refractivity contribution in [2.24, 2.45) is 5.10 Å². The number of hydrogen-bond acceptors (Lipinski definition) is 5. The average Bonchev–Trinajstić information content (AvgIpc) is 2.85. The standard InChI is InChI=1S/C26H23Cl3IN3O4/c1-2-36-23-12-16(11-21(30)26(23)37-15-17-7-8-18(27)13-20(17)29)14-31-33-25(35)10-9-24(34)32-22-6-4-3-5-19(22)28/h3-8,11-14H,2,9-10,15H2,1H3,(H,32,34)(H,33,35). The number of amides is 2. The molecule has 2 amide bonds. The Hall–Kier alpha value is -2.53. The van der Waals surface area contributed by atoms with E-state index >= 15 is 0 Å². The first-order valence-corrected chi connectivity index (χ1v) is 13.4. The van der Waals surface area contributed by atoms with Gasteiger partial charge in [-0.1, -0.05) is 53.0 Å². The van der Waals surface area contributed by atoms with Crippen LogP contribution in [0.1, 0.15) is 30.9 Å². The molecule has 0 unspecified atom stereocenters. The van der Waals surface area contributed by atoms with Gasteiger partial charge in [-0.15, -0.1) is 0 Å². The molecule has 11 heteroatoms. The molecule has 194 valence electrons. The summed E-state index contributed by atoms with van der Waals surface area (Å²) in [5, 5.41) is 8.16. The van der Waals surface area contributed by atoms with Gasteiger partial charge in [-0.05, 0) is 71.5 Å². The van der Waals surface area contributed by atoms with E-state index in [1.165, 1.54) is 6.21 Å². The quantitative estimate of drug-likeness (QED) is 0.129. The number of anilines is 1. The van der Waals surface area contributed by atoms with E-state index in [2.05, 4.69) is 38.4 Å². The van der Waals surface area contributed by atoms with Crippen LogP contribution in [-0.4, -0.2) is 24.6 Å². The molecule has 0 aliphatic carbocycles. The van der Waals surface area contributed by atoms with Gasteiger partial charge in [0.25, 0.3) is 0 Å². The molecule has 37 heavy (non-hydrogen) atoms. The van der Waals surface area contributed by atoms with Gasteiger partial charge in [0.05, 0.1) is 27.1 Å². The van der Waals surface area contributed by atoms with Crippen LogP contribution in [0.25, 0.3) is 0 Å². The highest BCUT2D eigenvalue weighted by atomic mass is 127. The number of rotatable bonds is 11. The number of nitrogens with one attached hydrogen (secondary N) is 2. The van der Waals surface area contributed by atoms with Crippen LogP contribution in [0.15, 0.2) is 59.7 Å². The molecule has 0 aromatic heterocycles. The number of hydrazone groups is 1. The maximum Gasteiger partial charge on any atom is 0.240 e. The average molecular weight is 675 g/mol. The molecule has 0 heterocycles. The number of nitrogens with zero attached hydrogens (tertiary/aromatic N) is 1. The van der Waals surface area contributed by atoms with Crippen molar-refractivity contribution in [3.8, 4) is 11.5 Å². The summed E-state index contributed by atoms with van der Waals surface area (Å²) in [4.78, 5) is 24.2. The molecule has 0 fully saturated rings. The number of halogens is 4. The Morgan fingerprint density at radius 2 is 1.73 bits per heavy atom. The lowest BCUT2D eigenvalue weighted by molar-refractivity contribution is -0.124. The molecular formula is C26H23Cl3IN3O4. The summed E-state index contributed by atoms with van der Waals surface area (Å²) in [5.41, 5.74) is 4.41. The fraction of sp³-hybridized carbons (Fsp3) is 0.192. The first-order valence-electron chi connectivity index (χ1n) is 11.2. The maximum atomic E-state index is 12.1. The first-order chi connectivity index (χ1) is 17.8. The lowest BCUT2D eigenvalue weighted by atomic mass is 10.2. The Labute approximate surface area is 243 Å². The Kier molecular flexibility index (Phi) is 11.3. The maximum absolute atomic E-state index is 12.1. The van der Waals surface area contributed by atoms with Gasteiger partial charge in [0.1, 0.15) is 6.61 Å². The molecular weight excluding hydrogens is 652 g/mol. The van der Waals surface area contributed by atoms with E-state index in [9.17, 15) is 9.59 Å². The van der Waals surface area contributed by atoms with E-state index < -0.39 is 5.91 Å². The van der Waals surface area contributed by atoms with Crippen molar-refractivity contribution in [1.29, 1.82) is 0 Å². The molecule has 3 rings (SSSR count). The van der Waals surface area contributed by atoms with Crippen LogP contribution in [0.2, 0.25) is 15.1 Å². The third-order valence-corrected chi connectivity index (χ3v) is 6.57. The van der Waals surface area contributed by atoms with Crippen LogP contribution in [0.3, 0.4) is 0 Å². The molecule has 7 nitrogen and oxygen atoms in total. The molecule has 3 aromatic carbocycles. The highest BCUT2D eigenvalue weighted by Crippen LogP contribution is 2.35. The second-order valence-corrected chi connectivity index (χ2v) is 10.0. The molecule has 0 radical (unpaired) electrons. The van der Waals surface area contributed by atoms with E-state index in [4.69, 9.17) is 44.3 Å². The van der Waals surface area contributed by atoms with Gasteiger partial charge in [0, 0.05) is 28.5 Å². The van der Waals surface area contributed by atoms with Crippen molar-refractivity contribution in [3.05, 3.63) is 84.4 Å². The molecule has 0 saturated heterocycles. The lowest BCUT2D eigenvalue weighted by Gasteiger charge is -2.15. The summed E-state index contributed by atoms with van der Waals surface area (Å²) >= 11 is 20.4. The Bertz CT molecular complexity index is 1300. The SMILES string of the molecule is CCOc1cc(C=NNC(=O)CCC(=O)Nc2ccccc2Cl)cc(I)c1OCc1ccc(Cl)cc1Cl. The second kappa shape index (κ2) is 14.4. The number of ether oxygens (including phenoxy) is 2. The third-order valence-electron chi connectivity index (χ3n) is 4.85. The van der Waals surface area contributed by atoms with Crippen LogP contribution in [0.4, 0.5) is 5.69 Å². The summed E-state index contributed by atoms with van der Waals surface area (Å²) < 4.78 is 12.6. The molecule has 0 atom stereocenters. The van der Waals surface area contributed by atoms with Crippen LogP contribution in [0, 0.1) is 3.57 Å². The van der Waals surface area contributed by atoms with Crippen molar-refractivity contribution in [3.63, 3.8) is 0 Å². The normalized spacial score (nSPS) is 10.8. The molecule has 2 N–H and O–H groups in total. The van der Waals surface area contributed by atoms with Crippen molar-refractivity contribution < 1.29 is 19.1 Å². The minimum absolute atomic E-state index is 0.0113. The summed E-state index contributed by atoms with van der Waals surface area (Å²) in [7, 11) is 0. The zero-order chi connectivity index (χ0) is 26.8. The number of hydrogen-bond donors (Lipinski definition) is 2. The predicted octanol–water partition coefficient (Wildman–Crippen LogP) is 7.10. The predicted molar refractivity (Wildman–Crippen MR) is 156 cm³/mol. The van der Waals surface area contributed by atoms with Crippen molar-refractivity contribution in [2.45, 2.75) is 26.4 Å².